The summed E-state index contributed by atoms with van der Waals surface area (Å²) in [4.78, 5) is 0.333. The van der Waals surface area contributed by atoms with Crippen molar-refractivity contribution >= 4 is 10.0 Å². The van der Waals surface area contributed by atoms with Crippen molar-refractivity contribution < 1.29 is 8.42 Å². The van der Waals surface area contributed by atoms with Gasteiger partial charge in [-0.1, -0.05) is 93.6 Å². The molecule has 0 unspecified atom stereocenters. The van der Waals surface area contributed by atoms with Crippen molar-refractivity contribution in [3.8, 4) is 0 Å². The minimum Gasteiger partial charge on any atom is -0.207 e. The molecule has 3 aromatic rings. The highest BCUT2D eigenvalue weighted by Crippen LogP contribution is 2.24. The summed E-state index contributed by atoms with van der Waals surface area (Å²) in [5.41, 5.74) is 3.43. The summed E-state index contributed by atoms with van der Waals surface area (Å²) >= 11 is 0. The second-order valence-electron chi connectivity index (χ2n) is 8.33. The van der Waals surface area contributed by atoms with Gasteiger partial charge in [0.2, 0.25) is 10.0 Å². The summed E-state index contributed by atoms with van der Waals surface area (Å²) in [6.45, 7) is 7.31. The molecule has 0 amide bonds. The van der Waals surface area contributed by atoms with Crippen LogP contribution in [-0.4, -0.2) is 19.3 Å². The van der Waals surface area contributed by atoms with Crippen molar-refractivity contribution in [2.24, 2.45) is 0 Å². The minimum absolute atomic E-state index is 0.0711. The van der Waals surface area contributed by atoms with Crippen LogP contribution in [0.25, 0.3) is 0 Å². The lowest BCUT2D eigenvalue weighted by atomic mass is 9.87. The van der Waals surface area contributed by atoms with Crippen LogP contribution in [0.3, 0.4) is 0 Å². The van der Waals surface area contributed by atoms with Crippen LogP contribution in [0, 0.1) is 0 Å². The third-order valence-electron chi connectivity index (χ3n) is 5.05. The van der Waals surface area contributed by atoms with Crippen molar-refractivity contribution in [1.29, 1.82) is 0 Å². The summed E-state index contributed by atoms with van der Waals surface area (Å²) in [6.07, 6.45) is 0.674. The van der Waals surface area contributed by atoms with E-state index < -0.39 is 10.0 Å². The SMILES string of the molecule is CC(C)(C)c1ccc(CN(CCc2ccccc2)S(=O)(=O)c2ccccc2)cc1. The Morgan fingerprint density at radius 1 is 0.724 bits per heavy atom. The van der Waals surface area contributed by atoms with E-state index in [4.69, 9.17) is 0 Å². The molecule has 0 atom stereocenters. The Labute approximate surface area is 175 Å². The third-order valence-corrected chi connectivity index (χ3v) is 6.91. The van der Waals surface area contributed by atoms with E-state index in [1.807, 2.05) is 48.5 Å². The number of benzene rings is 3. The van der Waals surface area contributed by atoms with E-state index in [0.717, 1.165) is 11.1 Å². The van der Waals surface area contributed by atoms with Crippen molar-refractivity contribution in [3.05, 3.63) is 102 Å². The molecule has 152 valence electrons. The molecule has 0 aliphatic rings. The molecule has 3 nitrogen and oxygen atoms in total. The van der Waals surface area contributed by atoms with Crippen LogP contribution in [-0.2, 0) is 28.4 Å². The number of nitrogens with zero attached hydrogens (tertiary/aromatic N) is 1. The van der Waals surface area contributed by atoms with Gasteiger partial charge >= 0.3 is 0 Å². The predicted octanol–water partition coefficient (Wildman–Crippen LogP) is 5.42. The van der Waals surface area contributed by atoms with E-state index in [2.05, 4.69) is 32.9 Å². The third kappa shape index (κ3) is 5.55. The highest BCUT2D eigenvalue weighted by Gasteiger charge is 2.24. The molecule has 3 rings (SSSR count). The van der Waals surface area contributed by atoms with E-state index in [1.54, 1.807) is 28.6 Å². The van der Waals surface area contributed by atoms with Crippen LogP contribution in [0.4, 0.5) is 0 Å². The molecule has 0 aromatic heterocycles. The molecule has 0 spiro atoms. The molecule has 0 aliphatic heterocycles. The summed E-state index contributed by atoms with van der Waals surface area (Å²) < 4.78 is 28.2. The van der Waals surface area contributed by atoms with Gasteiger partial charge in [-0.05, 0) is 40.7 Å². The van der Waals surface area contributed by atoms with E-state index in [9.17, 15) is 8.42 Å². The van der Waals surface area contributed by atoms with Gasteiger partial charge in [-0.3, -0.25) is 0 Å². The lowest BCUT2D eigenvalue weighted by Gasteiger charge is -2.24. The highest BCUT2D eigenvalue weighted by atomic mass is 32.2. The monoisotopic (exact) mass is 407 g/mol. The second kappa shape index (κ2) is 8.93. The van der Waals surface area contributed by atoms with Crippen molar-refractivity contribution in [3.63, 3.8) is 0 Å². The fourth-order valence-corrected chi connectivity index (χ4v) is 4.69. The number of hydrogen-bond acceptors (Lipinski definition) is 2. The summed E-state index contributed by atoms with van der Waals surface area (Å²) in [5, 5.41) is 0. The maximum absolute atomic E-state index is 13.3. The molecule has 0 aliphatic carbocycles. The summed E-state index contributed by atoms with van der Waals surface area (Å²) in [6, 6.07) is 27.0. The smallest absolute Gasteiger partial charge is 0.207 e. The number of hydrogen-bond donors (Lipinski definition) is 0. The Bertz CT molecular complexity index is 1010. The lowest BCUT2D eigenvalue weighted by molar-refractivity contribution is 0.409. The van der Waals surface area contributed by atoms with Gasteiger partial charge in [-0.15, -0.1) is 0 Å². The lowest BCUT2D eigenvalue weighted by Crippen LogP contribution is -2.32. The zero-order valence-corrected chi connectivity index (χ0v) is 18.2. The first-order valence-electron chi connectivity index (χ1n) is 9.95. The molecule has 0 saturated heterocycles. The largest absolute Gasteiger partial charge is 0.243 e. The standard InChI is InChI=1S/C25H29NO2S/c1-25(2,3)23-16-14-22(15-17-23)20-26(19-18-21-10-6-4-7-11-21)29(27,28)24-12-8-5-9-13-24/h4-17H,18-20H2,1-3H3. The Morgan fingerprint density at radius 2 is 1.28 bits per heavy atom. The highest BCUT2D eigenvalue weighted by molar-refractivity contribution is 7.89. The molecule has 0 N–H and O–H groups in total. The fraction of sp³-hybridized carbons (Fsp3) is 0.280. The van der Waals surface area contributed by atoms with Gasteiger partial charge < -0.3 is 0 Å². The first-order chi connectivity index (χ1) is 13.8. The molecular formula is C25H29NO2S. The quantitative estimate of drug-likeness (QED) is 0.524. The van der Waals surface area contributed by atoms with E-state index in [0.29, 0.717) is 24.4 Å². The molecule has 0 saturated carbocycles. The predicted molar refractivity (Wildman–Crippen MR) is 119 cm³/mol. The van der Waals surface area contributed by atoms with Gasteiger partial charge in [0.25, 0.3) is 0 Å². The molecular weight excluding hydrogens is 378 g/mol. The molecule has 0 heterocycles. The topological polar surface area (TPSA) is 37.4 Å². The maximum Gasteiger partial charge on any atom is 0.243 e. The second-order valence-corrected chi connectivity index (χ2v) is 10.3. The summed E-state index contributed by atoms with van der Waals surface area (Å²) in [7, 11) is -3.57. The molecule has 0 radical (unpaired) electrons. The Balaban J connectivity index is 1.86. The van der Waals surface area contributed by atoms with Gasteiger partial charge in [0.1, 0.15) is 0 Å². The van der Waals surface area contributed by atoms with E-state index in [1.165, 1.54) is 5.56 Å². The average molecular weight is 408 g/mol. The zero-order chi connectivity index (χ0) is 20.9. The van der Waals surface area contributed by atoms with E-state index >= 15 is 0 Å². The Kier molecular flexibility index (Phi) is 6.56. The van der Waals surface area contributed by atoms with Crippen LogP contribution >= 0.6 is 0 Å². The number of rotatable bonds is 7. The van der Waals surface area contributed by atoms with E-state index in [-0.39, 0.29) is 5.41 Å². The average Bonchev–Trinajstić information content (AvgIpc) is 2.72. The van der Waals surface area contributed by atoms with Gasteiger partial charge in [-0.2, -0.15) is 4.31 Å². The molecule has 0 bridgehead atoms. The molecule has 3 aromatic carbocycles. The van der Waals surface area contributed by atoms with Crippen LogP contribution in [0.1, 0.15) is 37.5 Å². The van der Waals surface area contributed by atoms with Crippen molar-refractivity contribution in [2.75, 3.05) is 6.54 Å². The Hall–Kier alpha value is -2.43. The van der Waals surface area contributed by atoms with Crippen molar-refractivity contribution in [1.82, 2.24) is 4.31 Å². The summed E-state index contributed by atoms with van der Waals surface area (Å²) in [5.74, 6) is 0. The number of sulfonamides is 1. The Morgan fingerprint density at radius 3 is 1.83 bits per heavy atom. The van der Waals surface area contributed by atoms with Gasteiger partial charge in [0.15, 0.2) is 0 Å². The van der Waals surface area contributed by atoms with Gasteiger partial charge in [0, 0.05) is 13.1 Å². The maximum atomic E-state index is 13.3. The zero-order valence-electron chi connectivity index (χ0n) is 17.4. The first kappa shape index (κ1) is 21.3. The molecule has 29 heavy (non-hydrogen) atoms. The first-order valence-corrected chi connectivity index (χ1v) is 11.4. The normalized spacial score (nSPS) is 12.3. The fourth-order valence-electron chi connectivity index (χ4n) is 3.24. The van der Waals surface area contributed by atoms with Crippen LogP contribution < -0.4 is 0 Å². The molecule has 4 heteroatoms. The van der Waals surface area contributed by atoms with Crippen LogP contribution in [0.5, 0.6) is 0 Å². The van der Waals surface area contributed by atoms with Crippen LogP contribution in [0.2, 0.25) is 0 Å². The van der Waals surface area contributed by atoms with Gasteiger partial charge in [-0.25, -0.2) is 8.42 Å². The molecule has 0 fully saturated rings. The minimum atomic E-state index is -3.57. The van der Waals surface area contributed by atoms with Crippen molar-refractivity contribution in [2.45, 2.75) is 44.0 Å². The van der Waals surface area contributed by atoms with Gasteiger partial charge in [0.05, 0.1) is 4.90 Å². The van der Waals surface area contributed by atoms with Crippen LogP contribution in [0.15, 0.2) is 89.8 Å².